The first kappa shape index (κ1) is 18.2. The van der Waals surface area contributed by atoms with Crippen molar-refractivity contribution < 1.29 is 18.6 Å². The van der Waals surface area contributed by atoms with Gasteiger partial charge in [-0.25, -0.2) is 4.39 Å². The van der Waals surface area contributed by atoms with Gasteiger partial charge in [0, 0.05) is 31.3 Å². The van der Waals surface area contributed by atoms with E-state index in [0.717, 1.165) is 18.5 Å². The quantitative estimate of drug-likeness (QED) is 0.724. The molecule has 2 unspecified atom stereocenters. The molecule has 2 bridgehead atoms. The maximum Gasteiger partial charge on any atom is 0.188 e. The fourth-order valence-electron chi connectivity index (χ4n) is 3.87. The Balaban J connectivity index is 1.55. The Labute approximate surface area is 159 Å². The molecule has 0 radical (unpaired) electrons. The van der Waals surface area contributed by atoms with Gasteiger partial charge in [-0.1, -0.05) is 36.4 Å². The van der Waals surface area contributed by atoms with E-state index >= 15 is 0 Å². The minimum atomic E-state index is -0.259. The van der Waals surface area contributed by atoms with Crippen LogP contribution in [0.3, 0.4) is 0 Å². The molecule has 1 fully saturated rings. The maximum atomic E-state index is 14.7. The van der Waals surface area contributed by atoms with Crippen molar-refractivity contribution in [3.05, 3.63) is 71.6 Å². The highest BCUT2D eigenvalue weighted by atomic mass is 19.1. The van der Waals surface area contributed by atoms with Crippen molar-refractivity contribution in [2.24, 2.45) is 0 Å². The number of ether oxygens (including phenoxy) is 3. The predicted molar refractivity (Wildman–Crippen MR) is 102 cm³/mol. The molecule has 4 rings (SSSR count). The molecule has 0 saturated carbocycles. The van der Waals surface area contributed by atoms with Gasteiger partial charge < -0.3 is 14.2 Å². The lowest BCUT2D eigenvalue weighted by atomic mass is 9.89. The highest BCUT2D eigenvalue weighted by Crippen LogP contribution is 2.35. The summed E-state index contributed by atoms with van der Waals surface area (Å²) in [6.45, 7) is 2.31. The number of halogens is 1. The van der Waals surface area contributed by atoms with Gasteiger partial charge in [0.1, 0.15) is 11.6 Å². The second-order valence-corrected chi connectivity index (χ2v) is 7.01. The van der Waals surface area contributed by atoms with Crippen LogP contribution in [0.1, 0.15) is 17.5 Å². The number of fused-ring (bicyclic) bond motifs is 2. The highest BCUT2D eigenvalue weighted by molar-refractivity contribution is 5.69. The number of benzene rings is 2. The summed E-state index contributed by atoms with van der Waals surface area (Å²) in [7, 11) is 1.54. The molecule has 5 heteroatoms. The monoisotopic (exact) mass is 369 g/mol. The van der Waals surface area contributed by atoms with Gasteiger partial charge >= 0.3 is 0 Å². The molecule has 2 heterocycles. The first-order valence-electron chi connectivity index (χ1n) is 9.24. The summed E-state index contributed by atoms with van der Waals surface area (Å²) in [6, 6.07) is 15.9. The van der Waals surface area contributed by atoms with Gasteiger partial charge in [0.05, 0.1) is 19.3 Å². The number of rotatable bonds is 6. The van der Waals surface area contributed by atoms with E-state index in [1.165, 1.54) is 11.6 Å². The average molecular weight is 369 g/mol. The number of hydrogen-bond acceptors (Lipinski definition) is 4. The first-order chi connectivity index (χ1) is 13.2. The smallest absolute Gasteiger partial charge is 0.188 e. The van der Waals surface area contributed by atoms with E-state index in [4.69, 9.17) is 14.2 Å². The van der Waals surface area contributed by atoms with Gasteiger partial charge in [0.25, 0.3) is 0 Å². The molecule has 2 aliphatic heterocycles. The van der Waals surface area contributed by atoms with E-state index in [2.05, 4.69) is 35.2 Å². The molecule has 2 atom stereocenters. The van der Waals surface area contributed by atoms with E-state index in [1.54, 1.807) is 19.2 Å². The third-order valence-corrected chi connectivity index (χ3v) is 5.18. The van der Waals surface area contributed by atoms with E-state index in [0.29, 0.717) is 24.5 Å². The highest BCUT2D eigenvalue weighted by Gasteiger charge is 2.35. The Morgan fingerprint density at radius 2 is 2.00 bits per heavy atom. The molecule has 0 amide bonds. The molecule has 1 saturated heterocycles. The zero-order valence-corrected chi connectivity index (χ0v) is 15.4. The molecule has 2 aromatic rings. The third-order valence-electron chi connectivity index (χ3n) is 5.18. The lowest BCUT2D eigenvalue weighted by Crippen LogP contribution is -2.53. The summed E-state index contributed by atoms with van der Waals surface area (Å²) in [5.74, 6) is 0.217. The van der Waals surface area contributed by atoms with Gasteiger partial charge in [-0.05, 0) is 29.7 Å². The molecular formula is C22H24FNO3. The van der Waals surface area contributed by atoms with Crippen LogP contribution >= 0.6 is 0 Å². The third kappa shape index (κ3) is 4.05. The van der Waals surface area contributed by atoms with Crippen LogP contribution in [0.25, 0.3) is 5.57 Å². The van der Waals surface area contributed by atoms with Gasteiger partial charge in [0.2, 0.25) is 0 Å². The van der Waals surface area contributed by atoms with E-state index in [1.807, 2.05) is 6.07 Å². The zero-order chi connectivity index (χ0) is 18.6. The SMILES string of the molecule is COCOc1ccc(C2=CC3COCC(C2)N3Cc2ccccc2)c(F)c1. The van der Waals surface area contributed by atoms with Gasteiger partial charge in [-0.2, -0.15) is 0 Å². The Bertz CT molecular complexity index is 808. The van der Waals surface area contributed by atoms with Crippen molar-refractivity contribution in [2.45, 2.75) is 25.0 Å². The summed E-state index contributed by atoms with van der Waals surface area (Å²) in [5.41, 5.74) is 2.99. The number of hydrogen-bond donors (Lipinski definition) is 0. The minimum Gasteiger partial charge on any atom is -0.467 e. The molecule has 27 heavy (non-hydrogen) atoms. The first-order valence-corrected chi connectivity index (χ1v) is 9.24. The van der Waals surface area contributed by atoms with Crippen molar-refractivity contribution in [3.8, 4) is 5.75 Å². The van der Waals surface area contributed by atoms with E-state index in [-0.39, 0.29) is 24.7 Å². The van der Waals surface area contributed by atoms with Gasteiger partial charge in [-0.3, -0.25) is 4.90 Å². The minimum absolute atomic E-state index is 0.109. The molecule has 2 aliphatic rings. The standard InChI is InChI=1S/C22H24FNO3/c1-25-15-27-20-7-8-21(22(23)11-20)17-9-18-13-26-14-19(10-17)24(18)12-16-5-3-2-4-6-16/h2-9,11,18-19H,10,12-15H2,1H3. The van der Waals surface area contributed by atoms with Crippen LogP contribution in [0.15, 0.2) is 54.6 Å². The van der Waals surface area contributed by atoms with Gasteiger partial charge in [0.15, 0.2) is 6.79 Å². The molecule has 0 spiro atoms. The van der Waals surface area contributed by atoms with Crippen LogP contribution in [0, 0.1) is 5.82 Å². The molecule has 0 N–H and O–H groups in total. The lowest BCUT2D eigenvalue weighted by Gasteiger charge is -2.44. The van der Waals surface area contributed by atoms with Crippen LogP contribution in [0.2, 0.25) is 0 Å². The lowest BCUT2D eigenvalue weighted by molar-refractivity contribution is -0.0403. The Morgan fingerprint density at radius 1 is 1.15 bits per heavy atom. The number of nitrogens with zero attached hydrogens (tertiary/aromatic N) is 1. The van der Waals surface area contributed by atoms with Crippen molar-refractivity contribution in [2.75, 3.05) is 27.1 Å². The normalized spacial score (nSPS) is 22.4. The van der Waals surface area contributed by atoms with Crippen molar-refractivity contribution in [1.82, 2.24) is 4.90 Å². The summed E-state index contributed by atoms with van der Waals surface area (Å²) < 4.78 is 30.6. The maximum absolute atomic E-state index is 14.7. The average Bonchev–Trinajstić information content (AvgIpc) is 2.67. The zero-order valence-electron chi connectivity index (χ0n) is 15.4. The van der Waals surface area contributed by atoms with Gasteiger partial charge in [-0.15, -0.1) is 0 Å². The molecule has 0 aliphatic carbocycles. The second-order valence-electron chi connectivity index (χ2n) is 7.01. The molecule has 4 nitrogen and oxygen atoms in total. The fourth-order valence-corrected chi connectivity index (χ4v) is 3.87. The summed E-state index contributed by atoms with van der Waals surface area (Å²) in [6.07, 6.45) is 2.94. The topological polar surface area (TPSA) is 30.9 Å². The largest absolute Gasteiger partial charge is 0.467 e. The second kappa shape index (κ2) is 8.21. The Morgan fingerprint density at radius 3 is 2.74 bits per heavy atom. The van der Waals surface area contributed by atoms with Crippen LogP contribution in [-0.4, -0.2) is 44.1 Å². The van der Waals surface area contributed by atoms with Crippen LogP contribution in [0.4, 0.5) is 4.39 Å². The van der Waals surface area contributed by atoms with E-state index in [9.17, 15) is 4.39 Å². The molecule has 0 aromatic heterocycles. The Kier molecular flexibility index (Phi) is 5.53. The Hall–Kier alpha value is -2.21. The predicted octanol–water partition coefficient (Wildman–Crippen LogP) is 3.87. The van der Waals surface area contributed by atoms with Crippen LogP contribution in [-0.2, 0) is 16.0 Å². The van der Waals surface area contributed by atoms with Crippen molar-refractivity contribution >= 4 is 5.57 Å². The van der Waals surface area contributed by atoms with Crippen LogP contribution in [0.5, 0.6) is 5.75 Å². The molecule has 2 aromatic carbocycles. The van der Waals surface area contributed by atoms with Crippen molar-refractivity contribution in [1.29, 1.82) is 0 Å². The molecular weight excluding hydrogens is 345 g/mol. The summed E-state index contributed by atoms with van der Waals surface area (Å²) >= 11 is 0. The number of morpholine rings is 1. The molecule has 142 valence electrons. The fraction of sp³-hybridized carbons (Fsp3) is 0.364. The van der Waals surface area contributed by atoms with Crippen molar-refractivity contribution in [3.63, 3.8) is 0 Å². The summed E-state index contributed by atoms with van der Waals surface area (Å²) in [5, 5.41) is 0. The van der Waals surface area contributed by atoms with E-state index < -0.39 is 0 Å². The summed E-state index contributed by atoms with van der Waals surface area (Å²) in [4.78, 5) is 2.47. The van der Waals surface area contributed by atoms with Crippen LogP contribution < -0.4 is 4.74 Å². The number of methoxy groups -OCH3 is 1.